The number of rotatable bonds is 10. The summed E-state index contributed by atoms with van der Waals surface area (Å²) in [4.78, 5) is 1.50. The highest BCUT2D eigenvalue weighted by molar-refractivity contribution is 9.09. The van der Waals surface area contributed by atoms with Gasteiger partial charge in [0.2, 0.25) is 0 Å². The zero-order valence-electron chi connectivity index (χ0n) is 10.7. The van der Waals surface area contributed by atoms with E-state index in [-0.39, 0.29) is 0 Å². The van der Waals surface area contributed by atoms with Crippen LogP contribution in [0.3, 0.4) is 0 Å². The van der Waals surface area contributed by atoms with Gasteiger partial charge in [-0.05, 0) is 43.6 Å². The van der Waals surface area contributed by atoms with Crippen molar-refractivity contribution >= 4 is 27.3 Å². The third-order valence-corrected chi connectivity index (χ3v) is 4.19. The summed E-state index contributed by atoms with van der Waals surface area (Å²) < 4.78 is 5.92. The van der Waals surface area contributed by atoms with Gasteiger partial charge in [-0.15, -0.1) is 11.3 Å². The summed E-state index contributed by atoms with van der Waals surface area (Å²) in [7, 11) is 0. The number of halogens is 1. The van der Waals surface area contributed by atoms with Crippen molar-refractivity contribution in [3.63, 3.8) is 0 Å². The monoisotopic (exact) mass is 318 g/mol. The van der Waals surface area contributed by atoms with Crippen LogP contribution in [0.4, 0.5) is 0 Å². The molecule has 3 heteroatoms. The molecule has 1 aromatic heterocycles. The van der Waals surface area contributed by atoms with Gasteiger partial charge < -0.3 is 4.74 Å². The Hall–Kier alpha value is 0.140. The van der Waals surface area contributed by atoms with Crippen LogP contribution in [0.1, 0.15) is 43.9 Å². The van der Waals surface area contributed by atoms with Crippen LogP contribution >= 0.6 is 27.3 Å². The second-order valence-corrected chi connectivity index (χ2v) is 6.12. The summed E-state index contributed by atoms with van der Waals surface area (Å²) in [6, 6.07) is 4.35. The van der Waals surface area contributed by atoms with E-state index in [1.807, 2.05) is 11.3 Å². The molecule has 0 N–H and O–H groups in total. The van der Waals surface area contributed by atoms with Gasteiger partial charge in [-0.2, -0.15) is 0 Å². The third-order valence-electron chi connectivity index (χ3n) is 2.79. The van der Waals surface area contributed by atoms with E-state index in [1.165, 1.54) is 37.0 Å². The average Bonchev–Trinajstić information content (AvgIpc) is 2.82. The zero-order valence-corrected chi connectivity index (χ0v) is 13.1. The van der Waals surface area contributed by atoms with E-state index >= 15 is 0 Å². The number of thiophene rings is 1. The summed E-state index contributed by atoms with van der Waals surface area (Å²) in [5, 5.41) is 3.20. The molecule has 0 fully saturated rings. The first kappa shape index (κ1) is 15.2. The van der Waals surface area contributed by atoms with Crippen LogP contribution < -0.4 is 0 Å². The Kier molecular flexibility index (Phi) is 9.03. The maximum atomic E-state index is 5.92. The van der Waals surface area contributed by atoms with Gasteiger partial charge in [0, 0.05) is 16.8 Å². The molecular formula is C14H23BrOS. The predicted molar refractivity (Wildman–Crippen MR) is 80.3 cm³/mol. The lowest BCUT2D eigenvalue weighted by molar-refractivity contribution is 0.0432. The summed E-state index contributed by atoms with van der Waals surface area (Å²) in [6.45, 7) is 3.14. The average molecular weight is 319 g/mol. The lowest BCUT2D eigenvalue weighted by atomic mass is 10.1. The van der Waals surface area contributed by atoms with Gasteiger partial charge in [-0.25, -0.2) is 0 Å². The number of hydrogen-bond acceptors (Lipinski definition) is 2. The third kappa shape index (κ3) is 7.22. The minimum absolute atomic E-state index is 0.459. The Morgan fingerprint density at radius 1 is 1.35 bits per heavy atom. The smallest absolute Gasteiger partial charge is 0.0583 e. The second-order valence-electron chi connectivity index (χ2n) is 4.30. The first-order valence-corrected chi connectivity index (χ1v) is 8.57. The molecule has 1 heterocycles. The van der Waals surface area contributed by atoms with Crippen LogP contribution in [-0.4, -0.2) is 18.0 Å². The number of hydrogen-bond donors (Lipinski definition) is 0. The van der Waals surface area contributed by atoms with E-state index in [0.29, 0.717) is 6.10 Å². The molecule has 0 aliphatic carbocycles. The molecule has 0 saturated carbocycles. The summed E-state index contributed by atoms with van der Waals surface area (Å²) in [5.41, 5.74) is 0. The van der Waals surface area contributed by atoms with E-state index < -0.39 is 0 Å². The fourth-order valence-corrected chi connectivity index (χ4v) is 3.12. The Balaban J connectivity index is 2.01. The first-order valence-electron chi connectivity index (χ1n) is 6.56. The molecule has 1 unspecified atom stereocenters. The maximum Gasteiger partial charge on any atom is 0.0583 e. The van der Waals surface area contributed by atoms with Gasteiger partial charge in [-0.3, -0.25) is 0 Å². The number of ether oxygens (including phenoxy) is 1. The van der Waals surface area contributed by atoms with Crippen molar-refractivity contribution in [1.29, 1.82) is 0 Å². The van der Waals surface area contributed by atoms with E-state index in [2.05, 4.69) is 40.4 Å². The van der Waals surface area contributed by atoms with Crippen LogP contribution in [0.2, 0.25) is 0 Å². The highest BCUT2D eigenvalue weighted by atomic mass is 79.9. The van der Waals surface area contributed by atoms with Gasteiger partial charge in [0.1, 0.15) is 0 Å². The van der Waals surface area contributed by atoms with Gasteiger partial charge in [0.25, 0.3) is 0 Å². The zero-order chi connectivity index (χ0) is 12.3. The molecule has 1 atom stereocenters. The van der Waals surface area contributed by atoms with Crippen LogP contribution in [0.15, 0.2) is 17.5 Å². The van der Waals surface area contributed by atoms with Crippen LogP contribution in [0.25, 0.3) is 0 Å². The molecule has 17 heavy (non-hydrogen) atoms. The normalized spacial score (nSPS) is 12.8. The summed E-state index contributed by atoms with van der Waals surface area (Å²) in [6.07, 6.45) is 7.63. The fraction of sp³-hybridized carbons (Fsp3) is 0.714. The first-order chi connectivity index (χ1) is 8.36. The Morgan fingerprint density at radius 2 is 2.24 bits per heavy atom. The summed E-state index contributed by atoms with van der Waals surface area (Å²) >= 11 is 5.35. The van der Waals surface area contributed by atoms with Crippen molar-refractivity contribution in [2.45, 2.75) is 51.6 Å². The Labute approximate surface area is 118 Å². The molecule has 0 saturated heterocycles. The Morgan fingerprint density at radius 3 is 2.88 bits per heavy atom. The van der Waals surface area contributed by atoms with Crippen molar-refractivity contribution in [1.82, 2.24) is 0 Å². The predicted octanol–water partition coefficient (Wildman–Crippen LogP) is 5.04. The van der Waals surface area contributed by atoms with Crippen molar-refractivity contribution in [2.24, 2.45) is 0 Å². The van der Waals surface area contributed by atoms with Crippen LogP contribution in [0, 0.1) is 0 Å². The number of alkyl halides is 1. The molecule has 1 aromatic rings. The van der Waals surface area contributed by atoms with Gasteiger partial charge in [0.15, 0.2) is 0 Å². The molecule has 0 radical (unpaired) electrons. The quantitative estimate of drug-likeness (QED) is 0.433. The highest BCUT2D eigenvalue weighted by Gasteiger charge is 2.06. The highest BCUT2D eigenvalue weighted by Crippen LogP contribution is 2.13. The van der Waals surface area contributed by atoms with Crippen LogP contribution in [0.5, 0.6) is 0 Å². The standard InChI is InChI=1S/C14H23BrOS/c1-2-6-13(9-10-15)16-11-4-3-7-14-8-5-12-17-14/h5,8,12-13H,2-4,6-7,9-11H2,1H3. The largest absolute Gasteiger partial charge is 0.378 e. The van der Waals surface area contributed by atoms with E-state index in [9.17, 15) is 0 Å². The summed E-state index contributed by atoms with van der Waals surface area (Å²) in [5.74, 6) is 0. The molecule has 0 amide bonds. The molecular weight excluding hydrogens is 296 g/mol. The topological polar surface area (TPSA) is 9.23 Å². The molecule has 0 aliphatic rings. The van der Waals surface area contributed by atoms with Crippen molar-refractivity contribution in [3.8, 4) is 0 Å². The lowest BCUT2D eigenvalue weighted by Gasteiger charge is -2.15. The van der Waals surface area contributed by atoms with Crippen molar-refractivity contribution in [2.75, 3.05) is 11.9 Å². The SMILES string of the molecule is CCCC(CCBr)OCCCCc1cccs1. The second kappa shape index (κ2) is 10.1. The number of unbranched alkanes of at least 4 members (excludes halogenated alkanes) is 1. The van der Waals surface area contributed by atoms with Crippen molar-refractivity contribution in [3.05, 3.63) is 22.4 Å². The fourth-order valence-electron chi connectivity index (χ4n) is 1.86. The molecule has 98 valence electrons. The van der Waals surface area contributed by atoms with Gasteiger partial charge >= 0.3 is 0 Å². The minimum Gasteiger partial charge on any atom is -0.378 e. The minimum atomic E-state index is 0.459. The van der Waals surface area contributed by atoms with Gasteiger partial charge in [0.05, 0.1) is 6.10 Å². The van der Waals surface area contributed by atoms with Crippen molar-refractivity contribution < 1.29 is 4.74 Å². The molecule has 0 spiro atoms. The molecule has 0 aliphatic heterocycles. The molecule has 1 rings (SSSR count). The van der Waals surface area contributed by atoms with E-state index in [4.69, 9.17) is 4.74 Å². The Bertz CT molecular complexity index is 255. The van der Waals surface area contributed by atoms with Crippen LogP contribution in [-0.2, 0) is 11.2 Å². The maximum absolute atomic E-state index is 5.92. The van der Waals surface area contributed by atoms with Gasteiger partial charge in [-0.1, -0.05) is 35.3 Å². The van der Waals surface area contributed by atoms with E-state index in [1.54, 1.807) is 0 Å². The molecule has 0 bridgehead atoms. The molecule has 1 nitrogen and oxygen atoms in total. The lowest BCUT2D eigenvalue weighted by Crippen LogP contribution is -2.14. The van der Waals surface area contributed by atoms with E-state index in [0.717, 1.165) is 18.4 Å². The number of aryl methyl sites for hydroxylation is 1. The molecule has 0 aromatic carbocycles.